The van der Waals surface area contributed by atoms with Crippen LogP contribution in [-0.2, 0) is 0 Å². The number of rotatable bonds is 1. The Morgan fingerprint density at radius 3 is 2.92 bits per heavy atom. The van der Waals surface area contributed by atoms with Gasteiger partial charge in [-0.2, -0.15) is 0 Å². The molecule has 0 spiro atoms. The molecule has 0 aromatic heterocycles. The van der Waals surface area contributed by atoms with E-state index < -0.39 is 0 Å². The van der Waals surface area contributed by atoms with E-state index in [4.69, 9.17) is 0 Å². The molecule has 0 radical (unpaired) electrons. The molecule has 1 aliphatic carbocycles. The fraction of sp³-hybridized carbons (Fsp3) is 0.400. The average molecular weight is 176 g/mol. The molecule has 0 saturated heterocycles. The lowest BCUT2D eigenvalue weighted by Crippen LogP contribution is -2.19. The van der Waals surface area contributed by atoms with Crippen LogP contribution in [0.5, 0.6) is 5.75 Å². The highest BCUT2D eigenvalue weighted by Crippen LogP contribution is 2.45. The van der Waals surface area contributed by atoms with Crippen LogP contribution in [0, 0.1) is 5.92 Å². The standard InChI is InChI=1S/C10H12N2O/c13-7-3-4-8-9(5-7)11-12-10(8)6-1-2-6/h3-6,10-13H,1-2H2. The Balaban J connectivity index is 2.01. The van der Waals surface area contributed by atoms with Crippen molar-refractivity contribution in [2.75, 3.05) is 5.43 Å². The SMILES string of the molecule is Oc1ccc2c(c1)NNC2C1CC1. The van der Waals surface area contributed by atoms with Crippen molar-refractivity contribution < 1.29 is 5.11 Å². The fourth-order valence-electron chi connectivity index (χ4n) is 1.96. The Bertz CT molecular complexity index is 347. The summed E-state index contributed by atoms with van der Waals surface area (Å²) in [6.07, 6.45) is 2.64. The molecule has 1 heterocycles. The van der Waals surface area contributed by atoms with Crippen molar-refractivity contribution in [2.24, 2.45) is 5.92 Å². The molecule has 1 aliphatic heterocycles. The van der Waals surface area contributed by atoms with E-state index in [9.17, 15) is 5.11 Å². The Morgan fingerprint density at radius 1 is 1.31 bits per heavy atom. The van der Waals surface area contributed by atoms with E-state index in [1.807, 2.05) is 6.07 Å². The molecule has 0 amide bonds. The van der Waals surface area contributed by atoms with Crippen LogP contribution < -0.4 is 10.9 Å². The van der Waals surface area contributed by atoms with Gasteiger partial charge in [0.25, 0.3) is 0 Å². The molecule has 3 N–H and O–H groups in total. The van der Waals surface area contributed by atoms with Crippen LogP contribution >= 0.6 is 0 Å². The first-order valence-electron chi connectivity index (χ1n) is 4.69. The number of anilines is 1. The quantitative estimate of drug-likeness (QED) is 0.611. The maximum Gasteiger partial charge on any atom is 0.117 e. The number of aromatic hydroxyl groups is 1. The third-order valence-corrected chi connectivity index (χ3v) is 2.83. The first-order chi connectivity index (χ1) is 6.34. The van der Waals surface area contributed by atoms with Crippen LogP contribution in [0.1, 0.15) is 24.4 Å². The Labute approximate surface area is 76.7 Å². The highest BCUT2D eigenvalue weighted by molar-refractivity contribution is 5.59. The molecule has 2 aliphatic rings. The van der Waals surface area contributed by atoms with Crippen molar-refractivity contribution in [1.29, 1.82) is 0 Å². The molecule has 3 rings (SSSR count). The number of benzene rings is 1. The summed E-state index contributed by atoms with van der Waals surface area (Å²) in [7, 11) is 0. The first-order valence-corrected chi connectivity index (χ1v) is 4.69. The van der Waals surface area contributed by atoms with E-state index >= 15 is 0 Å². The zero-order chi connectivity index (χ0) is 8.84. The smallest absolute Gasteiger partial charge is 0.117 e. The second kappa shape index (κ2) is 2.39. The summed E-state index contributed by atoms with van der Waals surface area (Å²) in [6, 6.07) is 5.98. The van der Waals surface area contributed by atoms with E-state index in [0.717, 1.165) is 11.6 Å². The minimum atomic E-state index is 0.324. The summed E-state index contributed by atoms with van der Waals surface area (Å²) in [4.78, 5) is 0. The van der Waals surface area contributed by atoms with Crippen molar-refractivity contribution in [3.05, 3.63) is 23.8 Å². The Hall–Kier alpha value is -1.22. The normalized spacial score (nSPS) is 25.4. The molecule has 1 fully saturated rings. The fourth-order valence-corrected chi connectivity index (χ4v) is 1.96. The van der Waals surface area contributed by atoms with Crippen LogP contribution in [0.2, 0.25) is 0 Å². The number of phenolic OH excluding ortho intramolecular Hbond substituents is 1. The summed E-state index contributed by atoms with van der Waals surface area (Å²) < 4.78 is 0. The largest absolute Gasteiger partial charge is 0.508 e. The highest BCUT2D eigenvalue weighted by Gasteiger charge is 2.36. The lowest BCUT2D eigenvalue weighted by Gasteiger charge is -2.07. The molecule has 13 heavy (non-hydrogen) atoms. The van der Waals surface area contributed by atoms with E-state index in [0.29, 0.717) is 11.8 Å². The number of fused-ring (bicyclic) bond motifs is 1. The van der Waals surface area contributed by atoms with Crippen LogP contribution in [0.15, 0.2) is 18.2 Å². The zero-order valence-electron chi connectivity index (χ0n) is 7.25. The molecule has 1 atom stereocenters. The number of hydrazine groups is 1. The third kappa shape index (κ3) is 1.08. The molecular formula is C10H12N2O. The van der Waals surface area contributed by atoms with Crippen molar-refractivity contribution >= 4 is 5.69 Å². The van der Waals surface area contributed by atoms with Crippen molar-refractivity contribution in [3.8, 4) is 5.75 Å². The zero-order valence-corrected chi connectivity index (χ0v) is 7.25. The van der Waals surface area contributed by atoms with E-state index in [1.54, 1.807) is 12.1 Å². The van der Waals surface area contributed by atoms with Crippen LogP contribution in [0.3, 0.4) is 0 Å². The van der Waals surface area contributed by atoms with Gasteiger partial charge in [-0.3, -0.25) is 0 Å². The second-order valence-corrected chi connectivity index (χ2v) is 3.86. The maximum absolute atomic E-state index is 9.27. The van der Waals surface area contributed by atoms with Gasteiger partial charge in [0, 0.05) is 6.07 Å². The Kier molecular flexibility index (Phi) is 1.32. The van der Waals surface area contributed by atoms with Gasteiger partial charge in [0.1, 0.15) is 5.75 Å². The summed E-state index contributed by atoms with van der Waals surface area (Å²) >= 11 is 0. The monoisotopic (exact) mass is 176 g/mol. The van der Waals surface area contributed by atoms with Gasteiger partial charge in [0.05, 0.1) is 11.7 Å². The van der Waals surface area contributed by atoms with E-state index in [2.05, 4.69) is 10.9 Å². The predicted molar refractivity (Wildman–Crippen MR) is 50.3 cm³/mol. The Morgan fingerprint density at radius 2 is 2.15 bits per heavy atom. The van der Waals surface area contributed by atoms with Gasteiger partial charge in [-0.1, -0.05) is 6.07 Å². The average Bonchev–Trinajstić information content (AvgIpc) is 2.87. The molecule has 3 heteroatoms. The molecule has 1 aromatic carbocycles. The summed E-state index contributed by atoms with van der Waals surface area (Å²) in [5.41, 5.74) is 8.67. The van der Waals surface area contributed by atoms with Crippen LogP contribution in [0.25, 0.3) is 0 Å². The van der Waals surface area contributed by atoms with E-state index in [-0.39, 0.29) is 0 Å². The van der Waals surface area contributed by atoms with Crippen molar-refractivity contribution in [2.45, 2.75) is 18.9 Å². The number of hydrogen-bond acceptors (Lipinski definition) is 3. The van der Waals surface area contributed by atoms with Crippen LogP contribution in [-0.4, -0.2) is 5.11 Å². The minimum Gasteiger partial charge on any atom is -0.508 e. The number of nitrogens with one attached hydrogen (secondary N) is 2. The highest BCUT2D eigenvalue weighted by atomic mass is 16.3. The topological polar surface area (TPSA) is 44.3 Å². The maximum atomic E-state index is 9.27. The van der Waals surface area contributed by atoms with Crippen molar-refractivity contribution in [1.82, 2.24) is 5.43 Å². The van der Waals surface area contributed by atoms with Gasteiger partial charge in [0.2, 0.25) is 0 Å². The van der Waals surface area contributed by atoms with Crippen LogP contribution in [0.4, 0.5) is 5.69 Å². The minimum absolute atomic E-state index is 0.324. The molecule has 0 bridgehead atoms. The summed E-state index contributed by atoms with van der Waals surface area (Å²) in [6.45, 7) is 0. The van der Waals surface area contributed by atoms with Gasteiger partial charge in [-0.05, 0) is 30.4 Å². The van der Waals surface area contributed by atoms with Gasteiger partial charge < -0.3 is 10.5 Å². The second-order valence-electron chi connectivity index (χ2n) is 3.86. The number of hydrogen-bond donors (Lipinski definition) is 3. The first kappa shape index (κ1) is 7.21. The lowest BCUT2D eigenvalue weighted by atomic mass is 10.0. The van der Waals surface area contributed by atoms with Crippen molar-refractivity contribution in [3.63, 3.8) is 0 Å². The van der Waals surface area contributed by atoms with Gasteiger partial charge in [-0.15, -0.1) is 0 Å². The molecule has 3 nitrogen and oxygen atoms in total. The molecule has 68 valence electrons. The predicted octanol–water partition coefficient (Wildman–Crippen LogP) is 1.77. The molecular weight excluding hydrogens is 164 g/mol. The molecule has 1 unspecified atom stereocenters. The van der Waals surface area contributed by atoms with E-state index in [1.165, 1.54) is 18.4 Å². The summed E-state index contributed by atoms with van der Waals surface area (Å²) in [5.74, 6) is 1.11. The molecule has 1 aromatic rings. The number of phenols is 1. The molecule has 1 saturated carbocycles. The third-order valence-electron chi connectivity index (χ3n) is 2.83. The van der Waals surface area contributed by atoms with Gasteiger partial charge in [0.15, 0.2) is 0 Å². The summed E-state index contributed by atoms with van der Waals surface area (Å²) in [5, 5.41) is 9.27. The van der Waals surface area contributed by atoms with Gasteiger partial charge in [-0.25, -0.2) is 5.43 Å². The lowest BCUT2D eigenvalue weighted by molar-refractivity contribution is 0.475. The van der Waals surface area contributed by atoms with Gasteiger partial charge >= 0.3 is 0 Å².